The number of benzene rings is 3. The SMILES string of the molecule is CCOC(=O)C[C@H]1O[C@H](c2ccccc2C(F)(F)F)c2cc(Cl)ccc2N(Cc2ccc(OC)cc2OC)C1=O. The van der Waals surface area contributed by atoms with Crippen LogP contribution in [0.15, 0.2) is 60.7 Å². The quantitative estimate of drug-likeness (QED) is 0.291. The number of carbonyl (C=O) groups is 2. The van der Waals surface area contributed by atoms with Crippen LogP contribution in [-0.2, 0) is 31.8 Å². The highest BCUT2D eigenvalue weighted by Gasteiger charge is 2.42. The Morgan fingerprint density at radius 3 is 2.45 bits per heavy atom. The summed E-state index contributed by atoms with van der Waals surface area (Å²) in [5.41, 5.74) is -0.0545. The van der Waals surface area contributed by atoms with Crippen LogP contribution in [-0.4, -0.2) is 38.8 Å². The number of anilines is 1. The standard InChI is InChI=1S/C29H27ClF3NO6/c1-4-39-26(35)15-25-28(36)34(16-17-9-11-19(37-2)14-24(17)38-3)23-12-10-18(30)13-21(23)27(40-25)20-7-5-6-8-22(20)29(31,32)33/h5-14,25,27H,4,15-16H2,1-3H3/t25-,27-/m1/s1. The molecule has 0 N–H and O–H groups in total. The molecule has 0 radical (unpaired) electrons. The van der Waals surface area contributed by atoms with Gasteiger partial charge in [-0.05, 0) is 48.9 Å². The molecule has 0 unspecified atom stereocenters. The first-order chi connectivity index (χ1) is 19.1. The summed E-state index contributed by atoms with van der Waals surface area (Å²) in [6, 6.07) is 14.5. The topological polar surface area (TPSA) is 74.3 Å². The molecule has 0 aromatic heterocycles. The molecule has 0 spiro atoms. The minimum Gasteiger partial charge on any atom is -0.497 e. The minimum absolute atomic E-state index is 0.0447. The van der Waals surface area contributed by atoms with Crippen molar-refractivity contribution in [1.82, 2.24) is 0 Å². The second-order valence-electron chi connectivity index (χ2n) is 8.90. The van der Waals surface area contributed by atoms with Crippen LogP contribution in [0.3, 0.4) is 0 Å². The Kier molecular flexibility index (Phi) is 8.90. The van der Waals surface area contributed by atoms with Crippen molar-refractivity contribution in [1.29, 1.82) is 0 Å². The van der Waals surface area contributed by atoms with Gasteiger partial charge >= 0.3 is 12.1 Å². The third-order valence-corrected chi connectivity index (χ3v) is 6.67. The van der Waals surface area contributed by atoms with Crippen LogP contribution in [0, 0.1) is 0 Å². The third-order valence-electron chi connectivity index (χ3n) is 6.43. The van der Waals surface area contributed by atoms with E-state index in [1.807, 2.05) is 0 Å². The van der Waals surface area contributed by atoms with Crippen molar-refractivity contribution in [3.63, 3.8) is 0 Å². The van der Waals surface area contributed by atoms with E-state index >= 15 is 0 Å². The lowest BCUT2D eigenvalue weighted by Gasteiger charge is -2.26. The molecule has 1 aliphatic heterocycles. The number of hydrogen-bond donors (Lipinski definition) is 0. The number of hydrogen-bond acceptors (Lipinski definition) is 6. The number of carbonyl (C=O) groups excluding carboxylic acids is 2. The molecular weight excluding hydrogens is 551 g/mol. The molecule has 1 amide bonds. The van der Waals surface area contributed by atoms with Crippen molar-refractivity contribution in [2.45, 2.75) is 38.3 Å². The van der Waals surface area contributed by atoms with Gasteiger partial charge in [0.25, 0.3) is 5.91 Å². The zero-order valence-corrected chi connectivity index (χ0v) is 22.7. The number of alkyl halides is 3. The molecule has 7 nitrogen and oxygen atoms in total. The van der Waals surface area contributed by atoms with Gasteiger partial charge in [0.15, 0.2) is 0 Å². The number of methoxy groups -OCH3 is 2. The number of esters is 1. The van der Waals surface area contributed by atoms with Gasteiger partial charge in [-0.1, -0.05) is 29.8 Å². The van der Waals surface area contributed by atoms with E-state index in [1.165, 1.54) is 49.5 Å². The molecule has 2 atom stereocenters. The van der Waals surface area contributed by atoms with E-state index in [0.29, 0.717) is 17.1 Å². The monoisotopic (exact) mass is 577 g/mol. The third kappa shape index (κ3) is 6.18. The molecular formula is C29H27ClF3NO6. The first kappa shape index (κ1) is 29.2. The molecule has 4 rings (SSSR count). The van der Waals surface area contributed by atoms with Crippen molar-refractivity contribution in [2.75, 3.05) is 25.7 Å². The molecule has 0 bridgehead atoms. The van der Waals surface area contributed by atoms with Crippen molar-refractivity contribution in [2.24, 2.45) is 0 Å². The van der Waals surface area contributed by atoms with Gasteiger partial charge in [0.05, 0.1) is 45.0 Å². The lowest BCUT2D eigenvalue weighted by Crippen LogP contribution is -2.40. The zero-order valence-electron chi connectivity index (χ0n) is 22.0. The van der Waals surface area contributed by atoms with E-state index in [2.05, 4.69) is 0 Å². The summed E-state index contributed by atoms with van der Waals surface area (Å²) in [4.78, 5) is 27.8. The van der Waals surface area contributed by atoms with Crippen LogP contribution in [0.25, 0.3) is 0 Å². The van der Waals surface area contributed by atoms with Gasteiger partial charge in [-0.2, -0.15) is 13.2 Å². The molecule has 11 heteroatoms. The normalized spacial score (nSPS) is 17.2. The molecule has 40 heavy (non-hydrogen) atoms. The molecule has 0 saturated carbocycles. The number of rotatable bonds is 8. The largest absolute Gasteiger partial charge is 0.497 e. The summed E-state index contributed by atoms with van der Waals surface area (Å²) in [7, 11) is 2.97. The van der Waals surface area contributed by atoms with Gasteiger partial charge in [-0.25, -0.2) is 0 Å². The van der Waals surface area contributed by atoms with Gasteiger partial charge in [0, 0.05) is 22.2 Å². The Bertz CT molecular complexity index is 1400. The lowest BCUT2D eigenvalue weighted by molar-refractivity contribution is -0.152. The number of amides is 1. The Balaban J connectivity index is 1.91. The lowest BCUT2D eigenvalue weighted by atomic mass is 9.94. The van der Waals surface area contributed by atoms with Crippen LogP contribution in [0.2, 0.25) is 5.02 Å². The molecule has 1 aliphatic rings. The fourth-order valence-corrected chi connectivity index (χ4v) is 4.80. The molecule has 3 aromatic carbocycles. The van der Waals surface area contributed by atoms with E-state index in [1.54, 1.807) is 31.2 Å². The van der Waals surface area contributed by atoms with E-state index in [0.717, 1.165) is 6.07 Å². The molecule has 0 saturated heterocycles. The molecule has 212 valence electrons. The van der Waals surface area contributed by atoms with E-state index in [-0.39, 0.29) is 35.0 Å². The summed E-state index contributed by atoms with van der Waals surface area (Å²) in [5.74, 6) is -0.410. The summed E-state index contributed by atoms with van der Waals surface area (Å²) < 4.78 is 64.2. The van der Waals surface area contributed by atoms with E-state index < -0.39 is 42.2 Å². The molecule has 0 fully saturated rings. The van der Waals surface area contributed by atoms with Crippen molar-refractivity contribution in [3.05, 3.63) is 87.9 Å². The van der Waals surface area contributed by atoms with Crippen molar-refractivity contribution >= 4 is 29.2 Å². The van der Waals surface area contributed by atoms with Crippen molar-refractivity contribution in [3.8, 4) is 11.5 Å². The molecule has 1 heterocycles. The van der Waals surface area contributed by atoms with Crippen LogP contribution in [0.4, 0.5) is 18.9 Å². The zero-order chi connectivity index (χ0) is 29.0. The Morgan fingerprint density at radius 1 is 1.02 bits per heavy atom. The highest BCUT2D eigenvalue weighted by Crippen LogP contribution is 2.44. The summed E-state index contributed by atoms with van der Waals surface area (Å²) in [5, 5.41) is 0.232. The first-order valence-corrected chi connectivity index (χ1v) is 12.7. The first-order valence-electron chi connectivity index (χ1n) is 12.4. The van der Waals surface area contributed by atoms with Crippen LogP contribution >= 0.6 is 11.6 Å². The fraction of sp³-hybridized carbons (Fsp3) is 0.310. The maximum Gasteiger partial charge on any atom is 0.416 e. The predicted octanol–water partition coefficient (Wildman–Crippen LogP) is 6.35. The molecule has 3 aromatic rings. The van der Waals surface area contributed by atoms with E-state index in [4.69, 9.17) is 30.5 Å². The van der Waals surface area contributed by atoms with E-state index in [9.17, 15) is 22.8 Å². The average molecular weight is 578 g/mol. The maximum atomic E-state index is 14.1. The minimum atomic E-state index is -4.71. The summed E-state index contributed by atoms with van der Waals surface area (Å²) in [6.07, 6.45) is -8.05. The van der Waals surface area contributed by atoms with Gasteiger partial charge in [-0.3, -0.25) is 9.59 Å². The second kappa shape index (κ2) is 12.2. The number of halogens is 4. The maximum absolute atomic E-state index is 14.1. The Labute approximate surface area is 234 Å². The Morgan fingerprint density at radius 2 is 1.77 bits per heavy atom. The average Bonchev–Trinajstić information content (AvgIpc) is 3.03. The summed E-state index contributed by atoms with van der Waals surface area (Å²) in [6.45, 7) is 1.62. The number of nitrogens with zero attached hydrogens (tertiary/aromatic N) is 1. The highest BCUT2D eigenvalue weighted by molar-refractivity contribution is 6.30. The van der Waals surface area contributed by atoms with Crippen LogP contribution in [0.1, 0.15) is 41.7 Å². The van der Waals surface area contributed by atoms with Crippen molar-refractivity contribution < 1.29 is 41.7 Å². The van der Waals surface area contributed by atoms with Gasteiger partial charge in [-0.15, -0.1) is 0 Å². The second-order valence-corrected chi connectivity index (χ2v) is 9.34. The Hall–Kier alpha value is -3.76. The van der Waals surface area contributed by atoms with Gasteiger partial charge in [0.2, 0.25) is 0 Å². The number of fused-ring (bicyclic) bond motifs is 1. The van der Waals surface area contributed by atoms with Crippen LogP contribution < -0.4 is 14.4 Å². The van der Waals surface area contributed by atoms with Gasteiger partial charge < -0.3 is 23.8 Å². The van der Waals surface area contributed by atoms with Gasteiger partial charge in [0.1, 0.15) is 23.7 Å². The summed E-state index contributed by atoms with van der Waals surface area (Å²) >= 11 is 6.31. The van der Waals surface area contributed by atoms with Crippen LogP contribution in [0.5, 0.6) is 11.5 Å². The number of ether oxygens (including phenoxy) is 4. The molecule has 0 aliphatic carbocycles. The smallest absolute Gasteiger partial charge is 0.416 e. The highest BCUT2D eigenvalue weighted by atomic mass is 35.5. The fourth-order valence-electron chi connectivity index (χ4n) is 4.62. The predicted molar refractivity (Wildman–Crippen MR) is 142 cm³/mol.